The predicted octanol–water partition coefficient (Wildman–Crippen LogP) is 5.27. The second kappa shape index (κ2) is 9.02. The van der Waals surface area contributed by atoms with Gasteiger partial charge in [-0.2, -0.15) is 0 Å². The Bertz CT molecular complexity index is 725. The summed E-state index contributed by atoms with van der Waals surface area (Å²) in [4.78, 5) is 0. The maximum Gasteiger partial charge on any atom is 0.179 e. The Hall–Kier alpha value is -1.85. The molecule has 0 heterocycles. The highest BCUT2D eigenvalue weighted by Gasteiger charge is 2.13. The van der Waals surface area contributed by atoms with Crippen molar-refractivity contribution in [2.75, 3.05) is 13.7 Å². The van der Waals surface area contributed by atoms with Crippen LogP contribution in [0.1, 0.15) is 37.4 Å². The summed E-state index contributed by atoms with van der Waals surface area (Å²) in [6.45, 7) is 4.94. The number of hydrogen-bond acceptors (Lipinski definition) is 3. The molecule has 1 unspecified atom stereocenters. The molecule has 6 heteroatoms. The van der Waals surface area contributed by atoms with E-state index in [2.05, 4.69) is 5.32 Å². The first-order valence-electron chi connectivity index (χ1n) is 8.13. The quantitative estimate of drug-likeness (QED) is 0.687. The van der Waals surface area contributed by atoms with Crippen LogP contribution >= 0.6 is 11.6 Å². The third-order valence-electron chi connectivity index (χ3n) is 3.80. The van der Waals surface area contributed by atoms with Crippen LogP contribution in [-0.4, -0.2) is 13.7 Å². The van der Waals surface area contributed by atoms with Gasteiger partial charge >= 0.3 is 0 Å². The van der Waals surface area contributed by atoms with Crippen molar-refractivity contribution < 1.29 is 18.3 Å². The highest BCUT2D eigenvalue weighted by molar-refractivity contribution is 6.32. The second-order valence-electron chi connectivity index (χ2n) is 5.73. The molecule has 0 saturated carbocycles. The fourth-order valence-electron chi connectivity index (χ4n) is 2.39. The van der Waals surface area contributed by atoms with E-state index in [1.165, 1.54) is 6.07 Å². The lowest BCUT2D eigenvalue weighted by atomic mass is 10.1. The van der Waals surface area contributed by atoms with Gasteiger partial charge in [0.25, 0.3) is 0 Å². The van der Waals surface area contributed by atoms with Crippen LogP contribution in [0.2, 0.25) is 5.02 Å². The molecule has 2 aromatic carbocycles. The van der Waals surface area contributed by atoms with E-state index in [1.54, 1.807) is 19.2 Å². The molecule has 0 aliphatic carbocycles. The first-order chi connectivity index (χ1) is 12.0. The minimum atomic E-state index is -0.853. The van der Waals surface area contributed by atoms with Crippen molar-refractivity contribution in [1.82, 2.24) is 5.32 Å². The van der Waals surface area contributed by atoms with E-state index in [0.29, 0.717) is 35.2 Å². The minimum absolute atomic E-state index is 0.157. The van der Waals surface area contributed by atoms with E-state index in [9.17, 15) is 8.78 Å². The molecule has 25 heavy (non-hydrogen) atoms. The van der Waals surface area contributed by atoms with Crippen LogP contribution in [0, 0.1) is 11.6 Å². The number of methoxy groups -OCH3 is 1. The molecular formula is C19H22ClF2NO2. The van der Waals surface area contributed by atoms with Gasteiger partial charge in [0.05, 0.1) is 18.7 Å². The van der Waals surface area contributed by atoms with Gasteiger partial charge in [-0.1, -0.05) is 24.6 Å². The number of nitrogens with one attached hydrogen (secondary N) is 1. The average Bonchev–Trinajstić information content (AvgIpc) is 2.60. The molecule has 1 atom stereocenters. The van der Waals surface area contributed by atoms with E-state index >= 15 is 0 Å². The van der Waals surface area contributed by atoms with Gasteiger partial charge in [-0.25, -0.2) is 8.78 Å². The van der Waals surface area contributed by atoms with Gasteiger partial charge in [0.15, 0.2) is 23.1 Å². The van der Waals surface area contributed by atoms with Crippen molar-refractivity contribution in [3.05, 3.63) is 58.1 Å². The zero-order valence-electron chi connectivity index (χ0n) is 14.5. The standard InChI is InChI=1S/C19H22ClF2NO2/c1-4-7-25-19-15(20)8-13(9-18(19)24-3)11-23-12(2)14-5-6-16(21)17(22)10-14/h5-6,8-10,12,23H,4,7,11H2,1-3H3. The molecule has 0 bridgehead atoms. The fraction of sp³-hybridized carbons (Fsp3) is 0.368. The summed E-state index contributed by atoms with van der Waals surface area (Å²) in [7, 11) is 1.56. The van der Waals surface area contributed by atoms with Crippen LogP contribution in [0.25, 0.3) is 0 Å². The van der Waals surface area contributed by atoms with Gasteiger partial charge in [0.1, 0.15) is 0 Å². The second-order valence-corrected chi connectivity index (χ2v) is 6.14. The summed E-state index contributed by atoms with van der Waals surface area (Å²) >= 11 is 6.30. The van der Waals surface area contributed by atoms with E-state index in [1.807, 2.05) is 19.9 Å². The predicted molar refractivity (Wildman–Crippen MR) is 95.4 cm³/mol. The van der Waals surface area contributed by atoms with Crippen molar-refractivity contribution in [1.29, 1.82) is 0 Å². The molecule has 3 nitrogen and oxygen atoms in total. The van der Waals surface area contributed by atoms with Crippen molar-refractivity contribution in [2.24, 2.45) is 0 Å². The Kier molecular flexibility index (Phi) is 7.02. The number of rotatable bonds is 8. The molecule has 0 amide bonds. The van der Waals surface area contributed by atoms with Crippen molar-refractivity contribution in [2.45, 2.75) is 32.9 Å². The van der Waals surface area contributed by atoms with Crippen LogP contribution < -0.4 is 14.8 Å². The smallest absolute Gasteiger partial charge is 0.179 e. The molecule has 0 fully saturated rings. The highest BCUT2D eigenvalue weighted by atomic mass is 35.5. The highest BCUT2D eigenvalue weighted by Crippen LogP contribution is 2.36. The third kappa shape index (κ3) is 5.06. The largest absolute Gasteiger partial charge is 0.493 e. The van der Waals surface area contributed by atoms with E-state index in [-0.39, 0.29) is 6.04 Å². The number of ether oxygens (including phenoxy) is 2. The number of hydrogen-bond donors (Lipinski definition) is 1. The SMILES string of the molecule is CCCOc1c(Cl)cc(CNC(C)c2ccc(F)c(F)c2)cc1OC. The topological polar surface area (TPSA) is 30.5 Å². The number of benzene rings is 2. The lowest BCUT2D eigenvalue weighted by molar-refractivity contribution is 0.294. The Morgan fingerprint density at radius 2 is 1.92 bits per heavy atom. The molecule has 0 aliphatic heterocycles. The van der Waals surface area contributed by atoms with Gasteiger partial charge in [-0.15, -0.1) is 0 Å². The van der Waals surface area contributed by atoms with Gasteiger partial charge < -0.3 is 14.8 Å². The van der Waals surface area contributed by atoms with Crippen molar-refractivity contribution in [3.8, 4) is 11.5 Å². The van der Waals surface area contributed by atoms with Crippen molar-refractivity contribution >= 4 is 11.6 Å². The molecule has 136 valence electrons. The van der Waals surface area contributed by atoms with Crippen LogP contribution in [0.3, 0.4) is 0 Å². The van der Waals surface area contributed by atoms with Crippen LogP contribution in [0.5, 0.6) is 11.5 Å². The van der Waals surface area contributed by atoms with Gasteiger partial charge in [-0.05, 0) is 48.7 Å². The monoisotopic (exact) mass is 369 g/mol. The van der Waals surface area contributed by atoms with E-state index < -0.39 is 11.6 Å². The first-order valence-corrected chi connectivity index (χ1v) is 8.51. The van der Waals surface area contributed by atoms with Gasteiger partial charge in [0, 0.05) is 12.6 Å². The normalized spacial score (nSPS) is 12.1. The summed E-state index contributed by atoms with van der Waals surface area (Å²) in [5.41, 5.74) is 1.57. The van der Waals surface area contributed by atoms with Crippen LogP contribution in [0.4, 0.5) is 8.78 Å². The molecule has 0 saturated heterocycles. The molecule has 0 radical (unpaired) electrons. The Labute approximate surface area is 151 Å². The first kappa shape index (κ1) is 19.5. The fourth-order valence-corrected chi connectivity index (χ4v) is 2.68. The summed E-state index contributed by atoms with van der Waals surface area (Å²) in [6.07, 6.45) is 0.870. The third-order valence-corrected chi connectivity index (χ3v) is 4.08. The molecule has 0 aromatic heterocycles. The molecule has 1 N–H and O–H groups in total. The number of halogens is 3. The lowest BCUT2D eigenvalue weighted by Crippen LogP contribution is -2.18. The lowest BCUT2D eigenvalue weighted by Gasteiger charge is -2.17. The molecule has 2 aromatic rings. The van der Waals surface area contributed by atoms with Crippen LogP contribution in [0.15, 0.2) is 30.3 Å². The zero-order chi connectivity index (χ0) is 18.4. The summed E-state index contributed by atoms with van der Waals surface area (Å²) in [5.74, 6) is -0.606. The summed E-state index contributed by atoms with van der Waals surface area (Å²) < 4.78 is 37.4. The zero-order valence-corrected chi connectivity index (χ0v) is 15.3. The summed E-state index contributed by atoms with van der Waals surface area (Å²) in [5, 5.41) is 3.74. The van der Waals surface area contributed by atoms with E-state index in [4.69, 9.17) is 21.1 Å². The Morgan fingerprint density at radius 1 is 1.16 bits per heavy atom. The van der Waals surface area contributed by atoms with Crippen LogP contribution in [-0.2, 0) is 6.54 Å². The maximum absolute atomic E-state index is 13.3. The minimum Gasteiger partial charge on any atom is -0.493 e. The maximum atomic E-state index is 13.3. The molecule has 0 spiro atoms. The van der Waals surface area contributed by atoms with Gasteiger partial charge in [0.2, 0.25) is 0 Å². The Morgan fingerprint density at radius 3 is 2.56 bits per heavy atom. The molecule has 0 aliphatic rings. The van der Waals surface area contributed by atoms with Gasteiger partial charge in [-0.3, -0.25) is 0 Å². The summed E-state index contributed by atoms with van der Waals surface area (Å²) in [6, 6.07) is 7.38. The molecule has 2 rings (SSSR count). The Balaban J connectivity index is 2.09. The van der Waals surface area contributed by atoms with Crippen molar-refractivity contribution in [3.63, 3.8) is 0 Å². The van der Waals surface area contributed by atoms with E-state index in [0.717, 1.165) is 18.1 Å². The molecular weight excluding hydrogens is 348 g/mol. The average molecular weight is 370 g/mol.